The van der Waals surface area contributed by atoms with Gasteiger partial charge in [-0.15, -0.1) is 0 Å². The highest BCUT2D eigenvalue weighted by atomic mass is 16.5. The van der Waals surface area contributed by atoms with Gasteiger partial charge >= 0.3 is 12.0 Å². The van der Waals surface area contributed by atoms with Gasteiger partial charge in [0.25, 0.3) is 0 Å². The quantitative estimate of drug-likeness (QED) is 0.715. The minimum absolute atomic E-state index is 0.131. The normalized spacial score (nSPS) is 25.4. The van der Waals surface area contributed by atoms with E-state index in [1.807, 2.05) is 0 Å². The van der Waals surface area contributed by atoms with Crippen LogP contribution in [0.25, 0.3) is 0 Å². The van der Waals surface area contributed by atoms with E-state index in [-0.39, 0.29) is 24.9 Å². The van der Waals surface area contributed by atoms with Crippen molar-refractivity contribution in [1.29, 1.82) is 0 Å². The smallest absolute Gasteiger partial charge is 0.321 e. The molecule has 0 aliphatic carbocycles. The Morgan fingerprint density at radius 2 is 2.14 bits per heavy atom. The second-order valence-corrected chi connectivity index (χ2v) is 5.79. The number of urea groups is 1. The van der Waals surface area contributed by atoms with Gasteiger partial charge in [0.05, 0.1) is 19.1 Å². The Kier molecular flexibility index (Phi) is 4.36. The van der Waals surface area contributed by atoms with E-state index in [4.69, 9.17) is 9.84 Å². The fourth-order valence-electron chi connectivity index (χ4n) is 2.62. The molecule has 0 saturated carbocycles. The number of carbonyl (C=O) groups excluding carboxylic acids is 2. The number of hydrogen-bond acceptors (Lipinski definition) is 4. The van der Waals surface area contributed by atoms with Gasteiger partial charge in [0, 0.05) is 26.2 Å². The van der Waals surface area contributed by atoms with Crippen LogP contribution in [0.4, 0.5) is 4.79 Å². The van der Waals surface area contributed by atoms with Crippen molar-refractivity contribution in [3.8, 4) is 0 Å². The lowest BCUT2D eigenvalue weighted by Crippen LogP contribution is -2.66. The van der Waals surface area contributed by atoms with Gasteiger partial charge in [-0.1, -0.05) is 0 Å². The SMILES string of the molecule is CC1(C)C(=O)NCCN1C(=O)N1CCOC(CC(=O)O)C1. The lowest BCUT2D eigenvalue weighted by Gasteiger charge is -2.44. The van der Waals surface area contributed by atoms with E-state index in [1.165, 1.54) is 4.90 Å². The molecule has 2 rings (SSSR count). The van der Waals surface area contributed by atoms with Crippen molar-refractivity contribution in [2.75, 3.05) is 32.8 Å². The number of morpholine rings is 1. The highest BCUT2D eigenvalue weighted by Gasteiger charge is 2.42. The molecule has 21 heavy (non-hydrogen) atoms. The standard InChI is InChI=1S/C13H21N3O5/c1-13(2)11(19)14-3-4-16(13)12(20)15-5-6-21-9(8-15)7-10(17)18/h9H,3-8H2,1-2H3,(H,14,19)(H,17,18). The van der Waals surface area contributed by atoms with E-state index in [0.717, 1.165) is 0 Å². The van der Waals surface area contributed by atoms with Gasteiger partial charge in [-0.2, -0.15) is 0 Å². The molecule has 2 fully saturated rings. The zero-order valence-corrected chi connectivity index (χ0v) is 12.3. The number of piperazine rings is 1. The Morgan fingerprint density at radius 3 is 2.81 bits per heavy atom. The molecule has 0 aromatic heterocycles. The molecule has 0 spiro atoms. The molecular weight excluding hydrogens is 278 g/mol. The number of carboxylic acids is 1. The highest BCUT2D eigenvalue weighted by Crippen LogP contribution is 2.21. The maximum atomic E-state index is 12.6. The first kappa shape index (κ1) is 15.6. The summed E-state index contributed by atoms with van der Waals surface area (Å²) in [5.41, 5.74) is -0.907. The van der Waals surface area contributed by atoms with Crippen molar-refractivity contribution in [2.45, 2.75) is 31.9 Å². The van der Waals surface area contributed by atoms with Gasteiger partial charge in [0.2, 0.25) is 5.91 Å². The first-order valence-electron chi connectivity index (χ1n) is 7.00. The fourth-order valence-corrected chi connectivity index (χ4v) is 2.62. The predicted octanol–water partition coefficient (Wildman–Crippen LogP) is -0.508. The zero-order valence-electron chi connectivity index (χ0n) is 12.3. The Balaban J connectivity index is 2.05. The van der Waals surface area contributed by atoms with Gasteiger partial charge < -0.3 is 25.0 Å². The summed E-state index contributed by atoms with van der Waals surface area (Å²) in [7, 11) is 0. The third kappa shape index (κ3) is 3.26. The van der Waals surface area contributed by atoms with Gasteiger partial charge in [-0.05, 0) is 13.8 Å². The Bertz CT molecular complexity index is 451. The minimum atomic E-state index is -0.952. The van der Waals surface area contributed by atoms with E-state index in [1.54, 1.807) is 18.7 Å². The number of ether oxygens (including phenoxy) is 1. The van der Waals surface area contributed by atoms with Crippen LogP contribution in [-0.4, -0.2) is 77.2 Å². The number of amides is 3. The molecule has 0 bridgehead atoms. The summed E-state index contributed by atoms with van der Waals surface area (Å²) >= 11 is 0. The van der Waals surface area contributed by atoms with Crippen molar-refractivity contribution in [1.82, 2.24) is 15.1 Å². The third-order valence-corrected chi connectivity index (χ3v) is 3.89. The number of carbonyl (C=O) groups is 3. The molecule has 2 saturated heterocycles. The topological polar surface area (TPSA) is 99.2 Å². The molecule has 8 nitrogen and oxygen atoms in total. The summed E-state index contributed by atoms with van der Waals surface area (Å²) in [6, 6.07) is -0.242. The van der Waals surface area contributed by atoms with E-state index in [9.17, 15) is 14.4 Å². The van der Waals surface area contributed by atoms with Crippen LogP contribution in [0.5, 0.6) is 0 Å². The molecular formula is C13H21N3O5. The Hall–Kier alpha value is -1.83. The van der Waals surface area contributed by atoms with Gasteiger partial charge in [-0.25, -0.2) is 4.79 Å². The number of nitrogens with zero attached hydrogens (tertiary/aromatic N) is 2. The van der Waals surface area contributed by atoms with Crippen LogP contribution in [0.3, 0.4) is 0 Å². The van der Waals surface area contributed by atoms with E-state index in [2.05, 4.69) is 5.32 Å². The average molecular weight is 299 g/mol. The number of carboxylic acid groups (broad SMARTS) is 1. The highest BCUT2D eigenvalue weighted by molar-refractivity contribution is 5.91. The van der Waals surface area contributed by atoms with Crippen molar-refractivity contribution >= 4 is 17.9 Å². The van der Waals surface area contributed by atoms with Crippen molar-refractivity contribution in [2.24, 2.45) is 0 Å². The first-order chi connectivity index (χ1) is 9.82. The summed E-state index contributed by atoms with van der Waals surface area (Å²) in [4.78, 5) is 38.4. The lowest BCUT2D eigenvalue weighted by molar-refractivity contribution is -0.141. The summed E-state index contributed by atoms with van der Waals surface area (Å²) < 4.78 is 5.36. The first-order valence-corrected chi connectivity index (χ1v) is 7.00. The van der Waals surface area contributed by atoms with Crippen LogP contribution in [0, 0.1) is 0 Å². The average Bonchev–Trinajstić information content (AvgIpc) is 2.40. The molecule has 0 radical (unpaired) electrons. The number of nitrogens with one attached hydrogen (secondary N) is 1. The molecule has 8 heteroatoms. The second kappa shape index (κ2) is 5.88. The van der Waals surface area contributed by atoms with Crippen LogP contribution in [0.15, 0.2) is 0 Å². The summed E-state index contributed by atoms with van der Waals surface area (Å²) in [5, 5.41) is 11.6. The number of rotatable bonds is 2. The monoisotopic (exact) mass is 299 g/mol. The van der Waals surface area contributed by atoms with Gasteiger partial charge in [0.15, 0.2) is 0 Å². The fraction of sp³-hybridized carbons (Fsp3) is 0.769. The summed E-state index contributed by atoms with van der Waals surface area (Å²) in [5.74, 6) is -1.13. The summed E-state index contributed by atoms with van der Waals surface area (Å²) in [6.45, 7) is 5.23. The van der Waals surface area contributed by atoms with Crippen LogP contribution < -0.4 is 5.32 Å². The van der Waals surface area contributed by atoms with E-state index in [0.29, 0.717) is 26.2 Å². The zero-order chi connectivity index (χ0) is 15.6. The van der Waals surface area contributed by atoms with Gasteiger partial charge in [0.1, 0.15) is 5.54 Å². The van der Waals surface area contributed by atoms with Crippen LogP contribution in [0.2, 0.25) is 0 Å². The van der Waals surface area contributed by atoms with Crippen molar-refractivity contribution in [3.63, 3.8) is 0 Å². The molecule has 2 aliphatic heterocycles. The van der Waals surface area contributed by atoms with Crippen LogP contribution in [0.1, 0.15) is 20.3 Å². The molecule has 0 aromatic carbocycles. The molecule has 118 valence electrons. The number of aliphatic carboxylic acids is 1. The Labute approximate surface area is 123 Å². The largest absolute Gasteiger partial charge is 0.481 e. The predicted molar refractivity (Wildman–Crippen MR) is 72.8 cm³/mol. The Morgan fingerprint density at radius 1 is 1.43 bits per heavy atom. The van der Waals surface area contributed by atoms with E-state index >= 15 is 0 Å². The second-order valence-electron chi connectivity index (χ2n) is 5.79. The molecule has 2 aliphatic rings. The maximum absolute atomic E-state index is 12.6. The van der Waals surface area contributed by atoms with E-state index < -0.39 is 17.6 Å². The van der Waals surface area contributed by atoms with Crippen LogP contribution in [-0.2, 0) is 14.3 Å². The lowest BCUT2D eigenvalue weighted by atomic mass is 9.99. The molecule has 1 unspecified atom stereocenters. The molecule has 3 amide bonds. The van der Waals surface area contributed by atoms with Gasteiger partial charge in [-0.3, -0.25) is 9.59 Å². The maximum Gasteiger partial charge on any atom is 0.321 e. The van der Waals surface area contributed by atoms with Crippen molar-refractivity contribution < 1.29 is 24.2 Å². The number of hydrogen-bond donors (Lipinski definition) is 2. The molecule has 1 atom stereocenters. The molecule has 2 N–H and O–H groups in total. The summed E-state index contributed by atoms with van der Waals surface area (Å²) in [6.07, 6.45) is -0.630. The van der Waals surface area contributed by atoms with Crippen molar-refractivity contribution in [3.05, 3.63) is 0 Å². The third-order valence-electron chi connectivity index (χ3n) is 3.89. The molecule has 2 heterocycles. The van der Waals surface area contributed by atoms with Crippen LogP contribution >= 0.6 is 0 Å². The minimum Gasteiger partial charge on any atom is -0.481 e. The molecule has 0 aromatic rings.